The van der Waals surface area contributed by atoms with Crippen LogP contribution in [0.1, 0.15) is 64.6 Å². The summed E-state index contributed by atoms with van der Waals surface area (Å²) >= 11 is 0. The molecule has 0 aliphatic heterocycles. The van der Waals surface area contributed by atoms with Crippen molar-refractivity contribution in [2.45, 2.75) is 38.0 Å². The van der Waals surface area contributed by atoms with Gasteiger partial charge in [-0.1, -0.05) is 51.1 Å². The lowest BCUT2D eigenvalue weighted by molar-refractivity contribution is -0.385. The molecule has 0 saturated carbocycles. The second-order valence-electron chi connectivity index (χ2n) is 11.3. The van der Waals surface area contributed by atoms with Gasteiger partial charge < -0.3 is 10.6 Å². The number of hydrogen-bond acceptors (Lipinski definition) is 6. The van der Waals surface area contributed by atoms with E-state index >= 15 is 0 Å². The first kappa shape index (κ1) is 28.2. The molecule has 1 aliphatic carbocycles. The van der Waals surface area contributed by atoms with Crippen LogP contribution in [0.15, 0.2) is 91.0 Å². The molecule has 5 rings (SSSR count). The topological polar surface area (TPSA) is 144 Å². The third-order valence-corrected chi connectivity index (χ3v) is 7.81. The number of rotatable bonds is 7. The number of non-ortho nitro benzene ring substituents is 2. The monoisotopic (exact) mass is 564 g/mol. The molecule has 0 bridgehead atoms. The van der Waals surface area contributed by atoms with E-state index in [1.54, 1.807) is 30.3 Å². The van der Waals surface area contributed by atoms with Crippen LogP contribution in [-0.4, -0.2) is 21.7 Å². The molecule has 1 atom stereocenters. The molecule has 0 aromatic heterocycles. The van der Waals surface area contributed by atoms with E-state index in [2.05, 4.69) is 31.4 Å². The van der Waals surface area contributed by atoms with Crippen LogP contribution in [0.5, 0.6) is 0 Å². The van der Waals surface area contributed by atoms with Gasteiger partial charge in [-0.05, 0) is 64.9 Å². The van der Waals surface area contributed by atoms with E-state index in [0.29, 0.717) is 22.5 Å². The van der Waals surface area contributed by atoms with Gasteiger partial charge in [-0.2, -0.15) is 0 Å². The molecule has 0 saturated heterocycles. The molecule has 2 amide bonds. The number of carbonyl (C=O) groups excluding carboxylic acids is 2. The molecule has 1 aliphatic rings. The summed E-state index contributed by atoms with van der Waals surface area (Å²) in [5.74, 6) is -0.766. The minimum absolute atomic E-state index is 0.113. The fourth-order valence-electron chi connectivity index (χ4n) is 5.85. The van der Waals surface area contributed by atoms with Crippen molar-refractivity contribution >= 4 is 34.6 Å². The lowest BCUT2D eigenvalue weighted by Gasteiger charge is -2.28. The van der Waals surface area contributed by atoms with Crippen LogP contribution in [0.4, 0.5) is 22.7 Å². The Morgan fingerprint density at radius 3 is 1.69 bits per heavy atom. The van der Waals surface area contributed by atoms with Crippen LogP contribution >= 0.6 is 0 Å². The van der Waals surface area contributed by atoms with E-state index in [1.807, 2.05) is 24.3 Å². The summed E-state index contributed by atoms with van der Waals surface area (Å²) in [4.78, 5) is 47.2. The Morgan fingerprint density at radius 1 is 0.667 bits per heavy atom. The van der Waals surface area contributed by atoms with E-state index in [9.17, 15) is 29.8 Å². The molecule has 0 heterocycles. The van der Waals surface area contributed by atoms with Crippen LogP contribution in [0.2, 0.25) is 0 Å². The highest BCUT2D eigenvalue weighted by molar-refractivity contribution is 6.05. The van der Waals surface area contributed by atoms with Crippen molar-refractivity contribution in [2.24, 2.45) is 0 Å². The Morgan fingerprint density at radius 2 is 1.17 bits per heavy atom. The van der Waals surface area contributed by atoms with Gasteiger partial charge in [-0.3, -0.25) is 29.8 Å². The van der Waals surface area contributed by atoms with E-state index in [-0.39, 0.29) is 28.6 Å². The van der Waals surface area contributed by atoms with Crippen LogP contribution < -0.4 is 10.6 Å². The lowest BCUT2D eigenvalue weighted by Crippen LogP contribution is -2.24. The zero-order valence-electron chi connectivity index (χ0n) is 23.2. The summed E-state index contributed by atoms with van der Waals surface area (Å²) < 4.78 is 0. The predicted octanol–water partition coefficient (Wildman–Crippen LogP) is 6.99. The molecule has 0 fully saturated rings. The molecule has 4 aromatic rings. The molecule has 10 nitrogen and oxygen atoms in total. The molecule has 212 valence electrons. The third-order valence-electron chi connectivity index (χ3n) is 7.81. The number of nitro groups is 2. The summed E-state index contributed by atoms with van der Waals surface area (Å²) in [5.41, 5.74) is 3.69. The Balaban J connectivity index is 1.40. The van der Waals surface area contributed by atoms with Gasteiger partial charge in [0.25, 0.3) is 23.2 Å². The van der Waals surface area contributed by atoms with Gasteiger partial charge in [-0.15, -0.1) is 0 Å². The van der Waals surface area contributed by atoms with Crippen LogP contribution in [-0.2, 0) is 10.8 Å². The van der Waals surface area contributed by atoms with E-state index in [1.165, 1.54) is 36.4 Å². The number of fused-ring (bicyclic) bond motifs is 1. The maximum Gasteiger partial charge on any atom is 0.271 e. The van der Waals surface area contributed by atoms with Crippen molar-refractivity contribution in [3.8, 4) is 0 Å². The molecule has 0 spiro atoms. The smallest absolute Gasteiger partial charge is 0.271 e. The van der Waals surface area contributed by atoms with Crippen molar-refractivity contribution in [1.82, 2.24) is 0 Å². The SMILES string of the molecule is CC1(C)CC(C)(c2ccc(C(=O)Nc3cccc([N+](=O)[O-])c3)cc2)c2cc(C(=O)Nc3cccc([N+](=O)[O-])c3)ccc21. The Hall–Kier alpha value is -5.38. The van der Waals surface area contributed by atoms with Crippen molar-refractivity contribution < 1.29 is 19.4 Å². The highest BCUT2D eigenvalue weighted by Gasteiger charge is 2.46. The average Bonchev–Trinajstić information content (AvgIpc) is 3.18. The second kappa shape index (κ2) is 10.5. The molecular formula is C32H28N4O6. The average molecular weight is 565 g/mol. The van der Waals surface area contributed by atoms with Gasteiger partial charge in [0, 0.05) is 52.2 Å². The van der Waals surface area contributed by atoms with Gasteiger partial charge in [0.15, 0.2) is 0 Å². The highest BCUT2D eigenvalue weighted by atomic mass is 16.6. The number of nitro benzene ring substituents is 2. The van der Waals surface area contributed by atoms with Gasteiger partial charge in [-0.25, -0.2) is 0 Å². The highest BCUT2D eigenvalue weighted by Crippen LogP contribution is 2.53. The molecule has 10 heteroatoms. The van der Waals surface area contributed by atoms with Crippen molar-refractivity contribution in [3.63, 3.8) is 0 Å². The fraction of sp³-hybridized carbons (Fsp3) is 0.188. The minimum atomic E-state index is -0.519. The third kappa shape index (κ3) is 5.34. The molecular weight excluding hydrogens is 536 g/mol. The molecule has 0 radical (unpaired) electrons. The van der Waals surface area contributed by atoms with Crippen LogP contribution in [0.3, 0.4) is 0 Å². The molecule has 1 unspecified atom stereocenters. The zero-order chi connectivity index (χ0) is 30.2. The van der Waals surface area contributed by atoms with Crippen molar-refractivity contribution in [2.75, 3.05) is 10.6 Å². The molecule has 2 N–H and O–H groups in total. The Kier molecular flexibility index (Phi) is 7.07. The first-order chi connectivity index (χ1) is 19.9. The normalized spacial score (nSPS) is 16.7. The maximum atomic E-state index is 13.2. The second-order valence-corrected chi connectivity index (χ2v) is 11.3. The number of benzene rings is 4. The van der Waals surface area contributed by atoms with E-state index in [4.69, 9.17) is 0 Å². The number of nitrogens with zero attached hydrogens (tertiary/aromatic N) is 2. The quantitative estimate of drug-likeness (QED) is 0.183. The molecule has 4 aromatic carbocycles. The zero-order valence-corrected chi connectivity index (χ0v) is 23.2. The lowest BCUT2D eigenvalue weighted by atomic mass is 9.75. The summed E-state index contributed by atoms with van der Waals surface area (Å²) in [7, 11) is 0. The van der Waals surface area contributed by atoms with E-state index in [0.717, 1.165) is 23.1 Å². The summed E-state index contributed by atoms with van der Waals surface area (Å²) in [6.07, 6.45) is 0.768. The van der Waals surface area contributed by atoms with Crippen LogP contribution in [0.25, 0.3) is 0 Å². The molecule has 42 heavy (non-hydrogen) atoms. The van der Waals surface area contributed by atoms with Crippen molar-refractivity contribution in [1.29, 1.82) is 0 Å². The van der Waals surface area contributed by atoms with Gasteiger partial charge >= 0.3 is 0 Å². The standard InChI is InChI=1S/C32H28N4O6/c1-31(2)19-32(3,22-13-10-20(11-14-22)29(37)33-23-6-4-8-25(17-23)35(39)40)28-16-21(12-15-27(28)31)30(38)34-24-7-5-9-26(18-24)36(41)42/h4-18H,19H2,1-3H3,(H,33,37)(H,34,38). The summed E-state index contributed by atoms with van der Waals surface area (Å²) in [6, 6.07) is 24.4. The maximum absolute atomic E-state index is 13.2. The Bertz CT molecular complexity index is 1750. The van der Waals surface area contributed by atoms with Crippen LogP contribution in [0, 0.1) is 20.2 Å². The minimum Gasteiger partial charge on any atom is -0.322 e. The predicted molar refractivity (Wildman–Crippen MR) is 159 cm³/mol. The number of anilines is 2. The number of hydrogen-bond donors (Lipinski definition) is 2. The van der Waals surface area contributed by atoms with Gasteiger partial charge in [0.2, 0.25) is 0 Å². The van der Waals surface area contributed by atoms with Gasteiger partial charge in [0.1, 0.15) is 0 Å². The number of amides is 2. The van der Waals surface area contributed by atoms with E-state index < -0.39 is 15.3 Å². The first-order valence-corrected chi connectivity index (χ1v) is 13.2. The summed E-state index contributed by atoms with van der Waals surface area (Å²) in [6.45, 7) is 6.42. The number of nitrogens with one attached hydrogen (secondary N) is 2. The Labute approximate surface area is 241 Å². The largest absolute Gasteiger partial charge is 0.322 e. The summed E-state index contributed by atoms with van der Waals surface area (Å²) in [5, 5.41) is 27.6. The number of carbonyl (C=O) groups is 2. The fourth-order valence-corrected chi connectivity index (χ4v) is 5.85. The van der Waals surface area contributed by atoms with Gasteiger partial charge in [0.05, 0.1) is 9.85 Å². The first-order valence-electron chi connectivity index (χ1n) is 13.2. The van der Waals surface area contributed by atoms with Crippen molar-refractivity contribution in [3.05, 3.63) is 139 Å².